The third-order valence-electron chi connectivity index (χ3n) is 3.46. The highest BCUT2D eigenvalue weighted by molar-refractivity contribution is 9.10. The van der Waals surface area contributed by atoms with Gasteiger partial charge in [-0.25, -0.2) is 0 Å². The minimum Gasteiger partial charge on any atom is -0.293 e. The maximum absolute atomic E-state index is 12.5. The highest BCUT2D eigenvalue weighted by Gasteiger charge is 2.29. The molecule has 1 aliphatic rings. The summed E-state index contributed by atoms with van der Waals surface area (Å²) in [6.45, 7) is 2.04. The molecule has 0 saturated heterocycles. The Kier molecular flexibility index (Phi) is 3.12. The van der Waals surface area contributed by atoms with Gasteiger partial charge in [0.15, 0.2) is 5.78 Å². The van der Waals surface area contributed by atoms with Gasteiger partial charge < -0.3 is 0 Å². The molecule has 3 rings (SSSR count). The van der Waals surface area contributed by atoms with Gasteiger partial charge in [0, 0.05) is 15.3 Å². The number of hydrogen-bond donors (Lipinski definition) is 0. The van der Waals surface area contributed by atoms with Crippen molar-refractivity contribution in [1.82, 2.24) is 0 Å². The molecular formula is C15H13BrOS. The van der Waals surface area contributed by atoms with Gasteiger partial charge in [0.25, 0.3) is 0 Å². The van der Waals surface area contributed by atoms with Crippen molar-refractivity contribution in [2.75, 3.05) is 0 Å². The first-order valence-corrected chi connectivity index (χ1v) is 7.63. The van der Waals surface area contributed by atoms with Crippen LogP contribution in [0.2, 0.25) is 0 Å². The van der Waals surface area contributed by atoms with Crippen LogP contribution in [0.1, 0.15) is 25.7 Å². The molecule has 3 heteroatoms. The van der Waals surface area contributed by atoms with Crippen LogP contribution in [0.15, 0.2) is 34.8 Å². The fourth-order valence-corrected chi connectivity index (χ4v) is 4.44. The van der Waals surface area contributed by atoms with E-state index in [4.69, 9.17) is 0 Å². The van der Waals surface area contributed by atoms with Crippen LogP contribution in [-0.2, 0) is 12.8 Å². The topological polar surface area (TPSA) is 17.1 Å². The first-order chi connectivity index (χ1) is 8.65. The Morgan fingerprint density at radius 2 is 1.89 bits per heavy atom. The van der Waals surface area contributed by atoms with Crippen molar-refractivity contribution in [2.24, 2.45) is 5.92 Å². The molecule has 18 heavy (non-hydrogen) atoms. The van der Waals surface area contributed by atoms with Crippen LogP contribution < -0.4 is 0 Å². The highest BCUT2D eigenvalue weighted by atomic mass is 79.9. The molecule has 0 aliphatic heterocycles. The zero-order valence-corrected chi connectivity index (χ0v) is 12.5. The minimum absolute atomic E-state index is 0.122. The van der Waals surface area contributed by atoms with Crippen molar-refractivity contribution in [3.63, 3.8) is 0 Å². The van der Waals surface area contributed by atoms with Crippen molar-refractivity contribution in [1.29, 1.82) is 0 Å². The summed E-state index contributed by atoms with van der Waals surface area (Å²) in [7, 11) is 0. The molecule has 0 atom stereocenters. The maximum Gasteiger partial charge on any atom is 0.177 e. The molecule has 1 heterocycles. The molecule has 0 radical (unpaired) electrons. The van der Waals surface area contributed by atoms with E-state index in [-0.39, 0.29) is 11.7 Å². The zero-order valence-electron chi connectivity index (χ0n) is 10.1. The van der Waals surface area contributed by atoms with Crippen LogP contribution in [0.3, 0.4) is 0 Å². The normalized spacial score (nSPS) is 14.8. The van der Waals surface area contributed by atoms with Crippen LogP contribution >= 0.6 is 27.3 Å². The van der Waals surface area contributed by atoms with Gasteiger partial charge in [-0.2, -0.15) is 0 Å². The quantitative estimate of drug-likeness (QED) is 0.749. The molecule has 2 aromatic rings. The summed E-state index contributed by atoms with van der Waals surface area (Å²) < 4.78 is 0.950. The van der Waals surface area contributed by atoms with Gasteiger partial charge >= 0.3 is 0 Å². The number of carbonyl (C=O) groups excluding carboxylic acids is 1. The van der Waals surface area contributed by atoms with E-state index < -0.39 is 0 Å². The van der Waals surface area contributed by atoms with Gasteiger partial charge in [0.2, 0.25) is 0 Å². The molecule has 92 valence electrons. The van der Waals surface area contributed by atoms with Crippen LogP contribution in [-0.4, -0.2) is 5.78 Å². The predicted octanol–water partition coefficient (Wildman–Crippen LogP) is 4.42. The second-order valence-corrected chi connectivity index (χ2v) is 6.88. The second kappa shape index (κ2) is 4.63. The Morgan fingerprint density at radius 1 is 1.28 bits per heavy atom. The smallest absolute Gasteiger partial charge is 0.177 e. The van der Waals surface area contributed by atoms with E-state index in [0.717, 1.165) is 22.2 Å². The zero-order chi connectivity index (χ0) is 12.7. The lowest BCUT2D eigenvalue weighted by molar-refractivity contribution is 0.0928. The van der Waals surface area contributed by atoms with Gasteiger partial charge in [-0.15, -0.1) is 11.3 Å². The molecule has 0 spiro atoms. The maximum atomic E-state index is 12.5. The third kappa shape index (κ3) is 2.06. The molecule has 1 aromatic heterocycles. The van der Waals surface area contributed by atoms with Crippen molar-refractivity contribution in [3.05, 3.63) is 55.7 Å². The van der Waals surface area contributed by atoms with Crippen molar-refractivity contribution in [2.45, 2.75) is 19.8 Å². The fourth-order valence-electron chi connectivity index (χ4n) is 2.58. The standard InChI is InChI=1S/C15H13BrOS/c1-9-6-13(16)15(18-9)14(17)12-7-10-4-2-3-5-11(10)8-12/h2-6,12H,7-8H2,1H3. The number of thiophene rings is 1. The van der Waals surface area contributed by atoms with Gasteiger partial charge in [-0.3, -0.25) is 4.79 Å². The number of ketones is 1. The van der Waals surface area contributed by atoms with Gasteiger partial charge in [0.1, 0.15) is 0 Å². The first kappa shape index (κ1) is 12.1. The molecule has 0 fully saturated rings. The van der Waals surface area contributed by atoms with E-state index in [1.807, 2.05) is 13.0 Å². The van der Waals surface area contributed by atoms with E-state index >= 15 is 0 Å². The Morgan fingerprint density at radius 3 is 2.39 bits per heavy atom. The molecule has 1 aliphatic carbocycles. The number of hydrogen-bond acceptors (Lipinski definition) is 2. The first-order valence-electron chi connectivity index (χ1n) is 6.02. The van der Waals surface area contributed by atoms with Gasteiger partial charge in [0.05, 0.1) is 4.88 Å². The molecular weight excluding hydrogens is 308 g/mol. The summed E-state index contributed by atoms with van der Waals surface area (Å²) in [4.78, 5) is 14.6. The Bertz CT molecular complexity index is 590. The lowest BCUT2D eigenvalue weighted by Gasteiger charge is -2.06. The SMILES string of the molecule is Cc1cc(Br)c(C(=O)C2Cc3ccccc3C2)s1. The Labute approximate surface area is 119 Å². The average Bonchev–Trinajstić information content (AvgIpc) is 2.91. The summed E-state index contributed by atoms with van der Waals surface area (Å²) in [5.74, 6) is 0.410. The summed E-state index contributed by atoms with van der Waals surface area (Å²) >= 11 is 5.08. The molecule has 0 saturated carbocycles. The van der Waals surface area contributed by atoms with Crippen LogP contribution in [0.4, 0.5) is 0 Å². The van der Waals surface area contributed by atoms with Crippen LogP contribution in [0.5, 0.6) is 0 Å². The molecule has 0 N–H and O–H groups in total. The van der Waals surface area contributed by atoms with Crippen LogP contribution in [0, 0.1) is 12.8 Å². The lowest BCUT2D eigenvalue weighted by Crippen LogP contribution is -2.14. The van der Waals surface area contributed by atoms with E-state index in [2.05, 4.69) is 40.2 Å². The molecule has 0 unspecified atom stereocenters. The number of carbonyl (C=O) groups is 1. The monoisotopic (exact) mass is 320 g/mol. The third-order valence-corrected chi connectivity index (χ3v) is 5.41. The van der Waals surface area contributed by atoms with E-state index in [0.29, 0.717) is 0 Å². The molecule has 1 aromatic carbocycles. The van der Waals surface area contributed by atoms with E-state index in [1.165, 1.54) is 16.0 Å². The molecule has 0 bridgehead atoms. The van der Waals surface area contributed by atoms with E-state index in [9.17, 15) is 4.79 Å². The predicted molar refractivity (Wildman–Crippen MR) is 78.4 cm³/mol. The van der Waals surface area contributed by atoms with Crippen molar-refractivity contribution in [3.8, 4) is 0 Å². The number of fused-ring (bicyclic) bond motifs is 1. The van der Waals surface area contributed by atoms with Crippen molar-refractivity contribution >= 4 is 33.0 Å². The van der Waals surface area contributed by atoms with Crippen molar-refractivity contribution < 1.29 is 4.79 Å². The van der Waals surface area contributed by atoms with Gasteiger partial charge in [-0.1, -0.05) is 24.3 Å². The minimum atomic E-state index is 0.122. The summed E-state index contributed by atoms with van der Waals surface area (Å²) in [6.07, 6.45) is 1.77. The fraction of sp³-hybridized carbons (Fsp3) is 0.267. The Hall–Kier alpha value is -0.930. The molecule has 0 amide bonds. The lowest BCUT2D eigenvalue weighted by atomic mass is 10.00. The second-order valence-electron chi connectivity index (χ2n) is 4.77. The highest BCUT2D eigenvalue weighted by Crippen LogP contribution is 2.34. The summed E-state index contributed by atoms with van der Waals surface area (Å²) in [6, 6.07) is 10.4. The molecule has 1 nitrogen and oxygen atoms in total. The number of Topliss-reactive ketones (excluding diaryl/α,β-unsaturated/α-hetero) is 1. The summed E-state index contributed by atoms with van der Waals surface area (Å²) in [5, 5.41) is 0. The number of aryl methyl sites for hydroxylation is 1. The largest absolute Gasteiger partial charge is 0.293 e. The number of benzene rings is 1. The number of rotatable bonds is 2. The number of halogens is 1. The van der Waals surface area contributed by atoms with E-state index in [1.54, 1.807) is 11.3 Å². The summed E-state index contributed by atoms with van der Waals surface area (Å²) in [5.41, 5.74) is 2.67. The van der Waals surface area contributed by atoms with Crippen LogP contribution in [0.25, 0.3) is 0 Å². The Balaban J connectivity index is 1.87. The van der Waals surface area contributed by atoms with Gasteiger partial charge in [-0.05, 0) is 52.9 Å². The average molecular weight is 321 g/mol.